The molecule has 1 saturated heterocycles. The molecule has 1 aromatic rings. The fourth-order valence-corrected chi connectivity index (χ4v) is 1.84. The first kappa shape index (κ1) is 9.37. The number of aromatic nitrogens is 3. The van der Waals surface area contributed by atoms with Crippen LogP contribution >= 0.6 is 0 Å². The van der Waals surface area contributed by atoms with E-state index in [2.05, 4.69) is 19.9 Å². The second-order valence-corrected chi connectivity index (χ2v) is 3.69. The molecule has 0 N–H and O–H groups in total. The van der Waals surface area contributed by atoms with Gasteiger partial charge in [0.1, 0.15) is 12.7 Å². The van der Waals surface area contributed by atoms with Crippen LogP contribution in [0, 0.1) is 0 Å². The number of hydrogen-bond donors (Lipinski definition) is 0. The molecule has 4 nitrogen and oxygen atoms in total. The summed E-state index contributed by atoms with van der Waals surface area (Å²) in [7, 11) is 0. The Hall–Kier alpha value is -1.19. The summed E-state index contributed by atoms with van der Waals surface area (Å²) in [5.41, 5.74) is 0. The van der Waals surface area contributed by atoms with Gasteiger partial charge in [0, 0.05) is 13.1 Å². The Morgan fingerprint density at radius 2 is 1.43 bits per heavy atom. The van der Waals surface area contributed by atoms with E-state index >= 15 is 0 Å². The van der Waals surface area contributed by atoms with Crippen LogP contribution in [0.2, 0.25) is 0 Å². The monoisotopic (exact) mass is 192 g/mol. The zero-order valence-electron chi connectivity index (χ0n) is 8.39. The minimum Gasteiger partial charge on any atom is -0.341 e. The molecule has 0 atom stereocenters. The molecule has 0 saturated carbocycles. The van der Waals surface area contributed by atoms with Gasteiger partial charge in [0.15, 0.2) is 0 Å². The quantitative estimate of drug-likeness (QED) is 0.678. The van der Waals surface area contributed by atoms with E-state index < -0.39 is 0 Å². The third-order valence-electron chi connectivity index (χ3n) is 2.62. The highest BCUT2D eigenvalue weighted by Crippen LogP contribution is 2.13. The lowest BCUT2D eigenvalue weighted by atomic mass is 10.1. The molecule has 4 heteroatoms. The van der Waals surface area contributed by atoms with Crippen molar-refractivity contribution in [3.63, 3.8) is 0 Å². The van der Waals surface area contributed by atoms with E-state index in [9.17, 15) is 0 Å². The lowest BCUT2D eigenvalue weighted by Gasteiger charge is -2.24. The van der Waals surface area contributed by atoms with Crippen LogP contribution in [0.1, 0.15) is 32.1 Å². The van der Waals surface area contributed by atoms with Crippen molar-refractivity contribution in [2.45, 2.75) is 32.1 Å². The van der Waals surface area contributed by atoms with Gasteiger partial charge < -0.3 is 4.90 Å². The summed E-state index contributed by atoms with van der Waals surface area (Å²) in [5.74, 6) is 0.835. The molecule has 0 amide bonds. The SMILES string of the molecule is c1ncnc(N2CCCCCCC2)n1. The van der Waals surface area contributed by atoms with Crippen molar-refractivity contribution in [2.75, 3.05) is 18.0 Å². The Morgan fingerprint density at radius 3 is 2.07 bits per heavy atom. The summed E-state index contributed by atoms with van der Waals surface area (Å²) >= 11 is 0. The van der Waals surface area contributed by atoms with Gasteiger partial charge in [-0.1, -0.05) is 19.3 Å². The fraction of sp³-hybridized carbons (Fsp3) is 0.700. The maximum atomic E-state index is 4.18. The molecule has 2 rings (SSSR count). The van der Waals surface area contributed by atoms with Gasteiger partial charge in [-0.15, -0.1) is 0 Å². The van der Waals surface area contributed by atoms with Crippen molar-refractivity contribution in [1.29, 1.82) is 0 Å². The molecule has 0 aromatic carbocycles. The van der Waals surface area contributed by atoms with Crippen LogP contribution in [0.25, 0.3) is 0 Å². The molecular weight excluding hydrogens is 176 g/mol. The zero-order valence-corrected chi connectivity index (χ0v) is 8.39. The summed E-state index contributed by atoms with van der Waals surface area (Å²) in [6, 6.07) is 0. The standard InChI is InChI=1S/C10H16N4/c1-2-4-6-14(7-5-3-1)10-12-8-11-9-13-10/h8-9H,1-7H2. The highest BCUT2D eigenvalue weighted by Gasteiger charge is 2.10. The highest BCUT2D eigenvalue weighted by molar-refractivity contribution is 5.26. The summed E-state index contributed by atoms with van der Waals surface area (Å²) in [6.45, 7) is 2.17. The molecule has 1 fully saturated rings. The molecule has 0 spiro atoms. The van der Waals surface area contributed by atoms with Gasteiger partial charge in [-0.05, 0) is 12.8 Å². The highest BCUT2D eigenvalue weighted by atomic mass is 15.3. The van der Waals surface area contributed by atoms with E-state index in [1.807, 2.05) is 0 Å². The Bertz CT molecular complexity index is 254. The van der Waals surface area contributed by atoms with Crippen molar-refractivity contribution in [3.05, 3.63) is 12.7 Å². The van der Waals surface area contributed by atoms with Crippen LogP contribution in [0.5, 0.6) is 0 Å². The first-order chi connectivity index (χ1) is 6.97. The van der Waals surface area contributed by atoms with Crippen molar-refractivity contribution >= 4 is 5.95 Å². The van der Waals surface area contributed by atoms with Crippen LogP contribution < -0.4 is 4.90 Å². The predicted molar refractivity (Wildman–Crippen MR) is 55.1 cm³/mol. The molecule has 0 unspecified atom stereocenters. The molecule has 1 aliphatic heterocycles. The Labute approximate surface area is 84.4 Å². The molecule has 2 heterocycles. The largest absolute Gasteiger partial charge is 0.341 e. The van der Waals surface area contributed by atoms with E-state index in [0.29, 0.717) is 0 Å². The lowest BCUT2D eigenvalue weighted by molar-refractivity contribution is 0.550. The van der Waals surface area contributed by atoms with E-state index in [-0.39, 0.29) is 0 Å². The van der Waals surface area contributed by atoms with Crippen molar-refractivity contribution in [1.82, 2.24) is 15.0 Å². The maximum absolute atomic E-state index is 4.18. The van der Waals surface area contributed by atoms with Gasteiger partial charge in [-0.3, -0.25) is 0 Å². The Balaban J connectivity index is 2.01. The number of hydrogen-bond acceptors (Lipinski definition) is 4. The minimum absolute atomic E-state index is 0.835. The second-order valence-electron chi connectivity index (χ2n) is 3.69. The molecule has 1 aromatic heterocycles. The normalized spacial score (nSPS) is 18.7. The van der Waals surface area contributed by atoms with Crippen molar-refractivity contribution < 1.29 is 0 Å². The minimum atomic E-state index is 0.835. The molecule has 14 heavy (non-hydrogen) atoms. The van der Waals surface area contributed by atoms with Gasteiger partial charge >= 0.3 is 0 Å². The average molecular weight is 192 g/mol. The lowest BCUT2D eigenvalue weighted by Crippen LogP contribution is -2.28. The Morgan fingerprint density at radius 1 is 0.857 bits per heavy atom. The molecule has 76 valence electrons. The maximum Gasteiger partial charge on any atom is 0.228 e. The fourth-order valence-electron chi connectivity index (χ4n) is 1.84. The van der Waals surface area contributed by atoms with Crippen molar-refractivity contribution in [2.24, 2.45) is 0 Å². The van der Waals surface area contributed by atoms with Crippen LogP contribution in [-0.2, 0) is 0 Å². The molecule has 0 bridgehead atoms. The zero-order chi connectivity index (χ0) is 9.64. The van der Waals surface area contributed by atoms with Crippen LogP contribution in [0.15, 0.2) is 12.7 Å². The molecule has 1 aliphatic rings. The van der Waals surface area contributed by atoms with Crippen molar-refractivity contribution in [3.8, 4) is 0 Å². The van der Waals surface area contributed by atoms with Gasteiger partial charge in [-0.2, -0.15) is 0 Å². The topological polar surface area (TPSA) is 41.9 Å². The first-order valence-electron chi connectivity index (χ1n) is 5.34. The average Bonchev–Trinajstić information content (AvgIpc) is 2.18. The van der Waals surface area contributed by atoms with Crippen LogP contribution in [0.3, 0.4) is 0 Å². The third kappa shape index (κ3) is 2.40. The third-order valence-corrected chi connectivity index (χ3v) is 2.62. The molecule has 0 aliphatic carbocycles. The van der Waals surface area contributed by atoms with Gasteiger partial charge in [0.05, 0.1) is 0 Å². The van der Waals surface area contributed by atoms with Gasteiger partial charge in [0.2, 0.25) is 5.95 Å². The molecule has 0 radical (unpaired) electrons. The molecular formula is C10H16N4. The summed E-state index contributed by atoms with van der Waals surface area (Å²) in [5, 5.41) is 0. The second kappa shape index (κ2) is 4.88. The van der Waals surface area contributed by atoms with Crippen LogP contribution in [0.4, 0.5) is 5.95 Å². The Kier molecular flexibility index (Phi) is 3.27. The van der Waals surface area contributed by atoms with Gasteiger partial charge in [-0.25, -0.2) is 15.0 Å². The van der Waals surface area contributed by atoms with Crippen LogP contribution in [-0.4, -0.2) is 28.0 Å². The summed E-state index contributed by atoms with van der Waals surface area (Å²) in [6.07, 6.45) is 9.70. The summed E-state index contributed by atoms with van der Waals surface area (Å²) < 4.78 is 0. The smallest absolute Gasteiger partial charge is 0.228 e. The van der Waals surface area contributed by atoms with E-state index in [4.69, 9.17) is 0 Å². The predicted octanol–water partition coefficient (Wildman–Crippen LogP) is 1.64. The number of rotatable bonds is 1. The van der Waals surface area contributed by atoms with E-state index in [1.165, 1.54) is 32.1 Å². The van der Waals surface area contributed by atoms with E-state index in [1.54, 1.807) is 12.7 Å². The summed E-state index contributed by atoms with van der Waals surface area (Å²) in [4.78, 5) is 14.5. The first-order valence-corrected chi connectivity index (χ1v) is 5.34. The number of nitrogens with zero attached hydrogens (tertiary/aromatic N) is 4. The van der Waals surface area contributed by atoms with E-state index in [0.717, 1.165) is 19.0 Å². The number of anilines is 1. The van der Waals surface area contributed by atoms with Gasteiger partial charge in [0.25, 0.3) is 0 Å².